The largest absolute Gasteiger partial charge is 0.383 e. The van der Waals surface area contributed by atoms with Gasteiger partial charge in [-0.3, -0.25) is 9.59 Å². The number of likely N-dealkylation sites (tertiary alicyclic amines) is 1. The molecule has 3 N–H and O–H groups in total. The lowest BCUT2D eigenvalue weighted by atomic mass is 9.82. The van der Waals surface area contributed by atoms with Crippen molar-refractivity contribution < 1.29 is 9.59 Å². The Morgan fingerprint density at radius 2 is 1.96 bits per heavy atom. The van der Waals surface area contributed by atoms with Gasteiger partial charge in [0, 0.05) is 6.54 Å². The van der Waals surface area contributed by atoms with Crippen LogP contribution in [0.25, 0.3) is 0 Å². The van der Waals surface area contributed by atoms with Crippen molar-refractivity contribution in [3.63, 3.8) is 0 Å². The van der Waals surface area contributed by atoms with Crippen LogP contribution in [0.15, 0.2) is 42.6 Å². The highest BCUT2D eigenvalue weighted by molar-refractivity contribution is 6.39. The van der Waals surface area contributed by atoms with Gasteiger partial charge in [-0.25, -0.2) is 4.98 Å². The first kappa shape index (κ1) is 17.9. The van der Waals surface area contributed by atoms with Gasteiger partial charge in [-0.15, -0.1) is 0 Å². The molecule has 1 atom stereocenters. The van der Waals surface area contributed by atoms with Gasteiger partial charge in [-0.1, -0.05) is 30.3 Å². The van der Waals surface area contributed by atoms with E-state index in [2.05, 4.69) is 10.3 Å². The van der Waals surface area contributed by atoms with Gasteiger partial charge in [0.25, 0.3) is 0 Å². The Morgan fingerprint density at radius 3 is 2.65 bits per heavy atom. The average Bonchev–Trinajstić information content (AvgIpc) is 2.65. The molecule has 2 amide bonds. The minimum atomic E-state index is -0.653. The number of hydrogen-bond acceptors (Lipinski definition) is 4. The van der Waals surface area contributed by atoms with E-state index in [1.807, 2.05) is 37.3 Å². The number of carbonyl (C=O) groups is 2. The summed E-state index contributed by atoms with van der Waals surface area (Å²) in [5, 5.41) is 2.65. The topological polar surface area (TPSA) is 88.3 Å². The maximum Gasteiger partial charge on any atom is 0.313 e. The second-order valence-corrected chi connectivity index (χ2v) is 6.93. The number of anilines is 2. The third kappa shape index (κ3) is 3.40. The van der Waals surface area contributed by atoms with E-state index < -0.39 is 17.4 Å². The number of hydrogen-bond donors (Lipinski definition) is 2. The summed E-state index contributed by atoms with van der Waals surface area (Å²) in [6, 6.07) is 11.6. The number of aromatic nitrogens is 1. The minimum Gasteiger partial charge on any atom is -0.383 e. The number of carbonyl (C=O) groups excluding carboxylic acids is 2. The van der Waals surface area contributed by atoms with Crippen molar-refractivity contribution in [2.75, 3.05) is 17.6 Å². The molecule has 1 fully saturated rings. The number of pyridine rings is 1. The van der Waals surface area contributed by atoms with E-state index in [9.17, 15) is 9.59 Å². The number of amides is 2. The number of benzene rings is 1. The zero-order chi connectivity index (χ0) is 18.7. The van der Waals surface area contributed by atoms with E-state index in [0.29, 0.717) is 18.1 Å². The highest BCUT2D eigenvalue weighted by atomic mass is 16.2. The van der Waals surface area contributed by atoms with Crippen LogP contribution in [0.3, 0.4) is 0 Å². The Hall–Kier alpha value is -2.89. The Balaban J connectivity index is 1.82. The Morgan fingerprint density at radius 1 is 1.23 bits per heavy atom. The molecule has 0 saturated carbocycles. The number of nitrogen functional groups attached to an aromatic ring is 1. The van der Waals surface area contributed by atoms with Gasteiger partial charge >= 0.3 is 11.8 Å². The summed E-state index contributed by atoms with van der Waals surface area (Å²) >= 11 is 0. The molecule has 3 rings (SSSR count). The summed E-state index contributed by atoms with van der Waals surface area (Å²) < 4.78 is 0. The predicted molar refractivity (Wildman–Crippen MR) is 101 cm³/mol. The molecule has 6 heteroatoms. The third-order valence-electron chi connectivity index (χ3n) is 5.10. The van der Waals surface area contributed by atoms with Crippen LogP contribution in [0.1, 0.15) is 37.3 Å². The van der Waals surface area contributed by atoms with Crippen LogP contribution < -0.4 is 11.1 Å². The quantitative estimate of drug-likeness (QED) is 0.814. The summed E-state index contributed by atoms with van der Waals surface area (Å²) in [6.07, 6.45) is 4.21. The standard InChI is InChI=1S/C20H24N4O2/c1-14-12-16(13-22-17(14)21)23-18(25)19(26)24-11-7-6-10-20(24,2)15-8-4-3-5-9-15/h3-5,8-9,12-13H,6-7,10-11H2,1-2H3,(H2,21,22)(H,23,25)/t20-/m0/s1. The van der Waals surface area contributed by atoms with Gasteiger partial charge in [-0.05, 0) is 50.3 Å². The fourth-order valence-electron chi connectivity index (χ4n) is 3.50. The molecule has 26 heavy (non-hydrogen) atoms. The summed E-state index contributed by atoms with van der Waals surface area (Å²) in [6.45, 7) is 4.40. The van der Waals surface area contributed by atoms with E-state index in [1.165, 1.54) is 6.20 Å². The van der Waals surface area contributed by atoms with Crippen molar-refractivity contribution in [3.8, 4) is 0 Å². The summed E-state index contributed by atoms with van der Waals surface area (Å²) in [4.78, 5) is 31.2. The minimum absolute atomic E-state index is 0.405. The van der Waals surface area contributed by atoms with E-state index in [0.717, 1.165) is 30.4 Å². The third-order valence-corrected chi connectivity index (χ3v) is 5.10. The summed E-state index contributed by atoms with van der Waals surface area (Å²) in [5.74, 6) is -0.771. The molecule has 0 spiro atoms. The normalized spacial score (nSPS) is 19.8. The molecule has 0 aliphatic carbocycles. The second-order valence-electron chi connectivity index (χ2n) is 6.93. The number of nitrogens with two attached hydrogens (primary N) is 1. The van der Waals surface area contributed by atoms with Gasteiger partial charge in [0.15, 0.2) is 0 Å². The van der Waals surface area contributed by atoms with Gasteiger partial charge in [0.1, 0.15) is 5.82 Å². The molecule has 2 heterocycles. The zero-order valence-corrected chi connectivity index (χ0v) is 15.2. The van der Waals surface area contributed by atoms with Crippen molar-refractivity contribution >= 4 is 23.3 Å². The highest BCUT2D eigenvalue weighted by Crippen LogP contribution is 2.37. The summed E-state index contributed by atoms with van der Waals surface area (Å²) in [5.41, 5.74) is 7.48. The number of piperidine rings is 1. The molecule has 1 aliphatic rings. The Labute approximate surface area is 153 Å². The molecule has 1 aliphatic heterocycles. The molecule has 2 aromatic rings. The van der Waals surface area contributed by atoms with E-state index in [1.54, 1.807) is 17.9 Å². The molecule has 1 saturated heterocycles. The van der Waals surface area contributed by atoms with Crippen molar-refractivity contribution in [1.29, 1.82) is 0 Å². The molecule has 0 bridgehead atoms. The fourth-order valence-corrected chi connectivity index (χ4v) is 3.50. The van der Waals surface area contributed by atoms with Crippen LogP contribution in [-0.2, 0) is 15.1 Å². The predicted octanol–water partition coefficient (Wildman–Crippen LogP) is 2.84. The monoisotopic (exact) mass is 352 g/mol. The van der Waals surface area contributed by atoms with E-state index in [4.69, 9.17) is 5.73 Å². The first-order valence-electron chi connectivity index (χ1n) is 8.82. The van der Waals surface area contributed by atoms with Crippen molar-refractivity contribution in [2.24, 2.45) is 0 Å². The molecule has 136 valence electrons. The number of rotatable bonds is 2. The van der Waals surface area contributed by atoms with Crippen LogP contribution >= 0.6 is 0 Å². The highest BCUT2D eigenvalue weighted by Gasteiger charge is 2.41. The van der Waals surface area contributed by atoms with Crippen LogP contribution in [-0.4, -0.2) is 28.2 Å². The second kappa shape index (κ2) is 7.15. The Bertz CT molecular complexity index is 822. The zero-order valence-electron chi connectivity index (χ0n) is 15.2. The van der Waals surface area contributed by atoms with Gasteiger partial charge in [-0.2, -0.15) is 0 Å². The molecule has 1 aromatic heterocycles. The molecule has 1 aromatic carbocycles. The van der Waals surface area contributed by atoms with Crippen molar-refractivity contribution in [3.05, 3.63) is 53.7 Å². The fraction of sp³-hybridized carbons (Fsp3) is 0.350. The maximum atomic E-state index is 12.9. The number of nitrogens with zero attached hydrogens (tertiary/aromatic N) is 2. The smallest absolute Gasteiger partial charge is 0.313 e. The van der Waals surface area contributed by atoms with Gasteiger partial charge in [0.05, 0.1) is 17.4 Å². The summed E-state index contributed by atoms with van der Waals surface area (Å²) in [7, 11) is 0. The lowest BCUT2D eigenvalue weighted by Crippen LogP contribution is -2.53. The maximum absolute atomic E-state index is 12.9. The van der Waals surface area contributed by atoms with E-state index in [-0.39, 0.29) is 0 Å². The van der Waals surface area contributed by atoms with E-state index >= 15 is 0 Å². The molecule has 6 nitrogen and oxygen atoms in total. The lowest BCUT2D eigenvalue weighted by molar-refractivity contribution is -0.149. The molecule has 0 unspecified atom stereocenters. The van der Waals surface area contributed by atoms with Crippen LogP contribution in [0.5, 0.6) is 0 Å². The van der Waals surface area contributed by atoms with Crippen molar-refractivity contribution in [2.45, 2.75) is 38.6 Å². The average molecular weight is 352 g/mol. The van der Waals surface area contributed by atoms with Gasteiger partial charge in [0.2, 0.25) is 0 Å². The number of aryl methyl sites for hydroxylation is 1. The number of nitrogens with one attached hydrogen (secondary N) is 1. The molecular formula is C20H24N4O2. The SMILES string of the molecule is Cc1cc(NC(=O)C(=O)N2CCCC[C@@]2(C)c2ccccc2)cnc1N. The first-order valence-corrected chi connectivity index (χ1v) is 8.82. The van der Waals surface area contributed by atoms with Crippen LogP contribution in [0, 0.1) is 6.92 Å². The first-order chi connectivity index (χ1) is 12.4. The molecular weight excluding hydrogens is 328 g/mol. The van der Waals surface area contributed by atoms with Crippen molar-refractivity contribution in [1.82, 2.24) is 9.88 Å². The Kier molecular flexibility index (Phi) is 4.93. The van der Waals surface area contributed by atoms with Crippen LogP contribution in [0.4, 0.5) is 11.5 Å². The van der Waals surface area contributed by atoms with Crippen LogP contribution in [0.2, 0.25) is 0 Å². The lowest BCUT2D eigenvalue weighted by Gasteiger charge is -2.45. The van der Waals surface area contributed by atoms with Gasteiger partial charge < -0.3 is 16.0 Å². The molecule has 0 radical (unpaired) electrons.